The van der Waals surface area contributed by atoms with Crippen molar-refractivity contribution in [3.05, 3.63) is 70.3 Å². The second-order valence-electron chi connectivity index (χ2n) is 5.70. The number of rotatable bonds is 5. The Morgan fingerprint density at radius 2 is 1.68 bits per heavy atom. The van der Waals surface area contributed by atoms with E-state index in [1.54, 1.807) is 41.8 Å². The monoisotopic (exact) mass is 478 g/mol. The Hall–Kier alpha value is -2.56. The molecule has 0 aliphatic carbocycles. The molecule has 10 heteroatoms. The van der Waals surface area contributed by atoms with Gasteiger partial charge in [0.1, 0.15) is 10.0 Å². The molecule has 4 rings (SSSR count). The average Bonchev–Trinajstić information content (AvgIpc) is 3.20. The number of nitrogens with zero attached hydrogens (tertiary/aromatic N) is 2. The Morgan fingerprint density at radius 1 is 0.964 bits per heavy atom. The highest BCUT2D eigenvalue weighted by Crippen LogP contribution is 2.29. The standard InChI is InChI=1S/C18H12BrFN4O2S2/c19-11-7-8-13(12(20)10-11)21-17-18(23-15-5-2-1-4-14(15)22-17)24-28(25,26)16-6-3-9-27-16/h1-10H,(H,21,22)(H,23,24). The molecule has 0 saturated carbocycles. The summed E-state index contributed by atoms with van der Waals surface area (Å²) in [5.41, 5.74) is 1.19. The third-order valence-electron chi connectivity index (χ3n) is 3.75. The van der Waals surface area contributed by atoms with Crippen molar-refractivity contribution in [1.82, 2.24) is 9.97 Å². The molecule has 0 unspecified atom stereocenters. The number of sulfonamides is 1. The van der Waals surface area contributed by atoms with Crippen LogP contribution in [-0.4, -0.2) is 18.4 Å². The van der Waals surface area contributed by atoms with Crippen LogP contribution in [0.5, 0.6) is 0 Å². The molecule has 28 heavy (non-hydrogen) atoms. The van der Waals surface area contributed by atoms with Crippen molar-refractivity contribution in [3.63, 3.8) is 0 Å². The molecule has 0 spiro atoms. The third kappa shape index (κ3) is 3.84. The van der Waals surface area contributed by atoms with Gasteiger partial charge in [0.15, 0.2) is 11.6 Å². The molecule has 0 bridgehead atoms. The normalized spacial score (nSPS) is 11.5. The lowest BCUT2D eigenvalue weighted by molar-refractivity contribution is 0.603. The first kappa shape index (κ1) is 18.8. The number of halogens is 2. The predicted octanol–water partition coefficient (Wildman–Crippen LogP) is 5.14. The number of anilines is 3. The van der Waals surface area contributed by atoms with Crippen molar-refractivity contribution in [3.8, 4) is 0 Å². The van der Waals surface area contributed by atoms with E-state index in [2.05, 4.69) is 35.9 Å². The molecule has 142 valence electrons. The molecule has 6 nitrogen and oxygen atoms in total. The molecule has 2 N–H and O–H groups in total. The van der Waals surface area contributed by atoms with Crippen LogP contribution in [0, 0.1) is 5.82 Å². The zero-order valence-corrected chi connectivity index (χ0v) is 17.3. The molecule has 0 atom stereocenters. The van der Waals surface area contributed by atoms with E-state index in [9.17, 15) is 12.8 Å². The zero-order chi connectivity index (χ0) is 19.7. The summed E-state index contributed by atoms with van der Waals surface area (Å²) in [6, 6.07) is 14.6. The van der Waals surface area contributed by atoms with Crippen molar-refractivity contribution in [2.24, 2.45) is 0 Å². The fourth-order valence-corrected chi connectivity index (χ4v) is 4.81. The predicted molar refractivity (Wildman–Crippen MR) is 112 cm³/mol. The van der Waals surface area contributed by atoms with Gasteiger partial charge in [-0.3, -0.25) is 4.72 Å². The molecule has 0 aliphatic heterocycles. The number of benzene rings is 2. The van der Waals surface area contributed by atoms with Gasteiger partial charge in [0.05, 0.1) is 16.7 Å². The van der Waals surface area contributed by atoms with E-state index in [0.29, 0.717) is 15.5 Å². The molecule has 0 fully saturated rings. The Morgan fingerprint density at radius 3 is 2.32 bits per heavy atom. The summed E-state index contributed by atoms with van der Waals surface area (Å²) < 4.78 is 42.7. The van der Waals surface area contributed by atoms with Gasteiger partial charge in [-0.15, -0.1) is 11.3 Å². The van der Waals surface area contributed by atoms with Crippen LogP contribution in [0.15, 0.2) is 68.7 Å². The lowest BCUT2D eigenvalue weighted by atomic mass is 10.3. The van der Waals surface area contributed by atoms with Gasteiger partial charge in [-0.05, 0) is 41.8 Å². The van der Waals surface area contributed by atoms with Gasteiger partial charge in [-0.1, -0.05) is 34.1 Å². The van der Waals surface area contributed by atoms with Gasteiger partial charge in [0.25, 0.3) is 10.0 Å². The molecule has 0 saturated heterocycles. The van der Waals surface area contributed by atoms with Crippen LogP contribution < -0.4 is 10.0 Å². The van der Waals surface area contributed by atoms with Crippen molar-refractivity contribution in [1.29, 1.82) is 0 Å². The first-order chi connectivity index (χ1) is 13.4. The van der Waals surface area contributed by atoms with Gasteiger partial charge in [-0.25, -0.2) is 22.8 Å². The van der Waals surface area contributed by atoms with Crippen molar-refractivity contribution >= 4 is 65.6 Å². The van der Waals surface area contributed by atoms with Gasteiger partial charge in [0, 0.05) is 4.47 Å². The minimum Gasteiger partial charge on any atom is -0.335 e. The van der Waals surface area contributed by atoms with Crippen LogP contribution in [0.1, 0.15) is 0 Å². The van der Waals surface area contributed by atoms with Gasteiger partial charge >= 0.3 is 0 Å². The van der Waals surface area contributed by atoms with Crippen LogP contribution in [-0.2, 0) is 10.0 Å². The lowest BCUT2D eigenvalue weighted by Crippen LogP contribution is -2.15. The van der Waals surface area contributed by atoms with Crippen LogP contribution >= 0.6 is 27.3 Å². The van der Waals surface area contributed by atoms with E-state index < -0.39 is 15.8 Å². The Kier molecular flexibility index (Phi) is 5.00. The van der Waals surface area contributed by atoms with E-state index >= 15 is 0 Å². The minimum absolute atomic E-state index is 0.0191. The summed E-state index contributed by atoms with van der Waals surface area (Å²) in [5.74, 6) is -0.439. The average molecular weight is 479 g/mol. The summed E-state index contributed by atoms with van der Waals surface area (Å²) in [7, 11) is -3.85. The fourth-order valence-electron chi connectivity index (χ4n) is 2.47. The molecular weight excluding hydrogens is 467 g/mol. The van der Waals surface area contributed by atoms with E-state index in [1.807, 2.05) is 0 Å². The van der Waals surface area contributed by atoms with Crippen molar-refractivity contribution in [2.45, 2.75) is 4.21 Å². The Labute approximate surface area is 172 Å². The fraction of sp³-hybridized carbons (Fsp3) is 0. The molecule has 0 radical (unpaired) electrons. The van der Waals surface area contributed by atoms with E-state index in [4.69, 9.17) is 0 Å². The molecule has 0 amide bonds. The smallest absolute Gasteiger partial charge is 0.272 e. The van der Waals surface area contributed by atoms with Gasteiger partial charge in [0.2, 0.25) is 0 Å². The molecule has 2 heterocycles. The van der Waals surface area contributed by atoms with Crippen molar-refractivity contribution in [2.75, 3.05) is 10.0 Å². The number of aromatic nitrogens is 2. The van der Waals surface area contributed by atoms with Crippen molar-refractivity contribution < 1.29 is 12.8 Å². The Bertz CT molecular complexity index is 1260. The number of para-hydroxylation sites is 2. The topological polar surface area (TPSA) is 84.0 Å². The summed E-state index contributed by atoms with van der Waals surface area (Å²) in [6.45, 7) is 0. The van der Waals surface area contributed by atoms with Crippen LogP contribution in [0.3, 0.4) is 0 Å². The second kappa shape index (κ2) is 7.46. The SMILES string of the molecule is O=S(=O)(Nc1nc2ccccc2nc1Nc1ccc(Br)cc1F)c1cccs1. The highest BCUT2D eigenvalue weighted by atomic mass is 79.9. The highest BCUT2D eigenvalue weighted by Gasteiger charge is 2.20. The summed E-state index contributed by atoms with van der Waals surface area (Å²) in [6.07, 6.45) is 0. The summed E-state index contributed by atoms with van der Waals surface area (Å²) >= 11 is 4.29. The lowest BCUT2D eigenvalue weighted by Gasteiger charge is -2.14. The van der Waals surface area contributed by atoms with Crippen LogP contribution in [0.4, 0.5) is 21.7 Å². The highest BCUT2D eigenvalue weighted by molar-refractivity contribution is 9.10. The molecule has 0 aliphatic rings. The Balaban J connectivity index is 1.80. The van der Waals surface area contributed by atoms with E-state index in [-0.39, 0.29) is 21.5 Å². The number of hydrogen-bond acceptors (Lipinski definition) is 6. The zero-order valence-electron chi connectivity index (χ0n) is 14.1. The number of fused-ring (bicyclic) bond motifs is 1. The maximum Gasteiger partial charge on any atom is 0.272 e. The first-order valence-electron chi connectivity index (χ1n) is 7.97. The molecule has 2 aromatic carbocycles. The number of nitrogens with one attached hydrogen (secondary N) is 2. The quantitative estimate of drug-likeness (QED) is 0.414. The summed E-state index contributed by atoms with van der Waals surface area (Å²) in [4.78, 5) is 8.80. The molecule has 2 aromatic heterocycles. The van der Waals surface area contributed by atoms with Gasteiger partial charge in [-0.2, -0.15) is 0 Å². The number of hydrogen-bond donors (Lipinski definition) is 2. The third-order valence-corrected chi connectivity index (χ3v) is 6.98. The van der Waals surface area contributed by atoms with Crippen LogP contribution in [0.25, 0.3) is 11.0 Å². The van der Waals surface area contributed by atoms with Crippen LogP contribution in [0.2, 0.25) is 0 Å². The minimum atomic E-state index is -3.85. The molecular formula is C18H12BrFN4O2S2. The largest absolute Gasteiger partial charge is 0.335 e. The molecule has 4 aromatic rings. The first-order valence-corrected chi connectivity index (χ1v) is 11.1. The summed E-state index contributed by atoms with van der Waals surface area (Å²) in [5, 5.41) is 4.50. The van der Waals surface area contributed by atoms with E-state index in [1.165, 1.54) is 18.2 Å². The number of thiophene rings is 1. The van der Waals surface area contributed by atoms with E-state index in [0.717, 1.165) is 11.3 Å². The van der Waals surface area contributed by atoms with Gasteiger partial charge < -0.3 is 5.32 Å². The maximum absolute atomic E-state index is 14.3. The maximum atomic E-state index is 14.3. The second-order valence-corrected chi connectivity index (χ2v) is 9.47.